The molecule has 0 unspecified atom stereocenters. The van der Waals surface area contributed by atoms with Gasteiger partial charge in [-0.2, -0.15) is 5.10 Å². The van der Waals surface area contributed by atoms with Crippen LogP contribution in [0, 0.1) is 13.8 Å². The molecule has 1 aromatic heterocycles. The van der Waals surface area contributed by atoms with E-state index in [-0.39, 0.29) is 5.91 Å². The summed E-state index contributed by atoms with van der Waals surface area (Å²) in [4.78, 5) is 0. The lowest BCUT2D eigenvalue weighted by atomic mass is 10.4. The number of aryl methyl sites for hydroxylation is 2. The second-order valence-electron chi connectivity index (χ2n) is 3.09. The summed E-state index contributed by atoms with van der Waals surface area (Å²) >= 11 is 0. The maximum atomic E-state index is 5.12. The molecule has 0 fully saturated rings. The predicted octanol–water partition coefficient (Wildman–Crippen LogP) is 0.738. The first-order chi connectivity index (χ1) is 6.67. The smallest absolute Gasteiger partial charge is 0.144 e. The lowest BCUT2D eigenvalue weighted by Gasteiger charge is -2.12. The minimum absolute atomic E-state index is 0.112. The van der Waals surface area contributed by atoms with Gasteiger partial charge in [-0.3, -0.25) is 4.68 Å². The Labute approximate surface area is 87.0 Å². The molecule has 0 spiro atoms. The summed E-state index contributed by atoms with van der Waals surface area (Å²) in [6.45, 7) is 4.05. The molecule has 0 saturated carbocycles. The number of ether oxygens (including phenoxy) is 2. The second kappa shape index (κ2) is 5.28. The van der Waals surface area contributed by atoms with Crippen molar-refractivity contribution in [3.05, 3.63) is 17.5 Å². The monoisotopic (exact) mass is 212 g/mol. The van der Waals surface area contributed by atoms with Crippen LogP contribution in [0.3, 0.4) is 0 Å². The largest absolute Gasteiger partial charge is 0.360 e. The van der Waals surface area contributed by atoms with Crippen molar-refractivity contribution in [2.75, 3.05) is 14.2 Å². The number of hydrogen-bond donors (Lipinski definition) is 0. The van der Waals surface area contributed by atoms with Crippen LogP contribution < -0.4 is 0 Å². The summed E-state index contributed by atoms with van der Waals surface area (Å²) in [5, 5.41) is 4.36. The Balaban J connectivity index is 2.48. The van der Waals surface area contributed by atoms with Crippen LogP contribution in [0.1, 0.15) is 11.4 Å². The Kier molecular flexibility index (Phi) is 4.31. The highest BCUT2D eigenvalue weighted by molar-refractivity contribution is 6.35. The van der Waals surface area contributed by atoms with Crippen molar-refractivity contribution >= 4 is 9.52 Å². The molecule has 1 aromatic rings. The minimum Gasteiger partial charge on any atom is -0.360 e. The van der Waals surface area contributed by atoms with E-state index in [4.69, 9.17) is 9.47 Å². The first kappa shape index (κ1) is 11.4. The molecule has 0 bridgehead atoms. The molecule has 1 heterocycles. The van der Waals surface area contributed by atoms with E-state index in [2.05, 4.69) is 18.1 Å². The lowest BCUT2D eigenvalue weighted by molar-refractivity contribution is -0.0446. The number of aromatic nitrogens is 2. The van der Waals surface area contributed by atoms with Crippen molar-refractivity contribution < 1.29 is 9.47 Å². The van der Waals surface area contributed by atoms with E-state index >= 15 is 0 Å². The molecular formula is C9H16N2O2Si. The van der Waals surface area contributed by atoms with Crippen LogP contribution in [0.15, 0.2) is 6.07 Å². The molecule has 14 heavy (non-hydrogen) atoms. The minimum atomic E-state index is -0.112. The van der Waals surface area contributed by atoms with Crippen molar-refractivity contribution in [1.29, 1.82) is 0 Å². The van der Waals surface area contributed by atoms with E-state index in [0.717, 1.165) is 11.9 Å². The zero-order valence-corrected chi connectivity index (χ0v) is 10.1. The van der Waals surface area contributed by atoms with Gasteiger partial charge in [0, 0.05) is 26.1 Å². The highest BCUT2D eigenvalue weighted by atomic mass is 28.2. The summed E-state index contributed by atoms with van der Waals surface area (Å²) in [6.07, 6.45) is 0.853. The first-order valence-corrected chi connectivity index (χ1v) is 5.76. The zero-order valence-electron chi connectivity index (χ0n) is 9.07. The van der Waals surface area contributed by atoms with Crippen LogP contribution >= 0.6 is 0 Å². The normalized spacial score (nSPS) is 11.2. The molecule has 0 aliphatic carbocycles. The van der Waals surface area contributed by atoms with Crippen molar-refractivity contribution in [2.24, 2.45) is 0 Å². The lowest BCUT2D eigenvalue weighted by Crippen LogP contribution is -2.26. The Hall–Kier alpha value is -0.653. The summed E-state index contributed by atoms with van der Waals surface area (Å²) in [7, 11) is 3.88. The Bertz CT molecular complexity index is 284. The van der Waals surface area contributed by atoms with E-state index in [1.807, 2.05) is 11.6 Å². The number of methoxy groups -OCH3 is 2. The van der Waals surface area contributed by atoms with Crippen LogP contribution in [-0.2, 0) is 15.6 Å². The highest BCUT2D eigenvalue weighted by Gasteiger charge is 2.08. The molecule has 4 nitrogen and oxygen atoms in total. The van der Waals surface area contributed by atoms with Gasteiger partial charge in [0.05, 0.1) is 5.69 Å². The molecule has 0 saturated heterocycles. The molecule has 78 valence electrons. The van der Waals surface area contributed by atoms with Crippen LogP contribution in [0.2, 0.25) is 0 Å². The quantitative estimate of drug-likeness (QED) is 0.533. The fraction of sp³-hybridized carbons (Fsp3) is 0.667. The van der Waals surface area contributed by atoms with Gasteiger partial charge in [0.1, 0.15) is 15.4 Å². The Morgan fingerprint density at radius 1 is 1.43 bits per heavy atom. The summed E-state index contributed by atoms with van der Waals surface area (Å²) in [5.74, 6) is -0.112. The van der Waals surface area contributed by atoms with Gasteiger partial charge in [0.15, 0.2) is 0 Å². The first-order valence-electron chi connectivity index (χ1n) is 4.47. The third-order valence-corrected chi connectivity index (χ3v) is 3.23. The molecule has 2 radical (unpaired) electrons. The average molecular weight is 212 g/mol. The van der Waals surface area contributed by atoms with Crippen LogP contribution in [-0.4, -0.2) is 39.4 Å². The summed E-state index contributed by atoms with van der Waals surface area (Å²) in [6, 6.07) is 2.07. The molecule has 0 atom stereocenters. The third-order valence-electron chi connectivity index (χ3n) is 1.94. The van der Waals surface area contributed by atoms with Crippen molar-refractivity contribution in [3.63, 3.8) is 0 Å². The van der Waals surface area contributed by atoms with E-state index in [1.54, 1.807) is 14.2 Å². The van der Waals surface area contributed by atoms with Gasteiger partial charge in [-0.1, -0.05) is 0 Å². The molecular weight excluding hydrogens is 196 g/mol. The Morgan fingerprint density at radius 3 is 2.50 bits per heavy atom. The van der Waals surface area contributed by atoms with E-state index in [1.165, 1.54) is 5.69 Å². The summed E-state index contributed by atoms with van der Waals surface area (Å²) in [5.41, 5.74) is 2.24. The SMILES string of the molecule is COC(OC)[Si]Cn1nc(C)cc1C. The predicted molar refractivity (Wildman–Crippen MR) is 55.3 cm³/mol. The molecule has 0 aliphatic rings. The van der Waals surface area contributed by atoms with Crippen LogP contribution in [0.4, 0.5) is 0 Å². The molecule has 0 aromatic carbocycles. The van der Waals surface area contributed by atoms with E-state index in [0.29, 0.717) is 9.52 Å². The molecule has 0 aliphatic heterocycles. The second-order valence-corrected chi connectivity index (χ2v) is 4.29. The number of nitrogens with zero attached hydrogens (tertiary/aromatic N) is 2. The van der Waals surface area contributed by atoms with Crippen molar-refractivity contribution in [2.45, 2.75) is 25.9 Å². The van der Waals surface area contributed by atoms with Gasteiger partial charge in [-0.15, -0.1) is 0 Å². The fourth-order valence-corrected chi connectivity index (χ4v) is 2.23. The van der Waals surface area contributed by atoms with Crippen molar-refractivity contribution in [3.8, 4) is 0 Å². The maximum absolute atomic E-state index is 5.12. The third kappa shape index (κ3) is 2.93. The van der Waals surface area contributed by atoms with Gasteiger partial charge >= 0.3 is 0 Å². The van der Waals surface area contributed by atoms with Crippen LogP contribution in [0.25, 0.3) is 0 Å². The van der Waals surface area contributed by atoms with Gasteiger partial charge in [0.25, 0.3) is 0 Å². The molecule has 5 heteroatoms. The average Bonchev–Trinajstić information content (AvgIpc) is 2.47. The van der Waals surface area contributed by atoms with Gasteiger partial charge in [-0.25, -0.2) is 0 Å². The highest BCUT2D eigenvalue weighted by Crippen LogP contribution is 2.01. The van der Waals surface area contributed by atoms with E-state index < -0.39 is 0 Å². The van der Waals surface area contributed by atoms with Gasteiger partial charge < -0.3 is 9.47 Å². The fourth-order valence-electron chi connectivity index (χ4n) is 1.26. The van der Waals surface area contributed by atoms with Crippen molar-refractivity contribution in [1.82, 2.24) is 9.78 Å². The van der Waals surface area contributed by atoms with Crippen LogP contribution in [0.5, 0.6) is 0 Å². The molecule has 1 rings (SSSR count). The number of rotatable bonds is 5. The molecule has 0 amide bonds. The van der Waals surface area contributed by atoms with Gasteiger partial charge in [0.2, 0.25) is 0 Å². The maximum Gasteiger partial charge on any atom is 0.144 e. The zero-order chi connectivity index (χ0) is 10.6. The van der Waals surface area contributed by atoms with E-state index in [9.17, 15) is 0 Å². The van der Waals surface area contributed by atoms with Gasteiger partial charge in [-0.05, 0) is 19.9 Å². The standard InChI is InChI=1S/C9H16N2O2Si/c1-7-5-8(2)11(10-7)6-14-9(12-3)13-4/h5,9H,6H2,1-4H3. The number of hydrogen-bond acceptors (Lipinski definition) is 3. The topological polar surface area (TPSA) is 36.3 Å². The molecule has 0 N–H and O–H groups in total. The Morgan fingerprint density at radius 2 is 2.07 bits per heavy atom. The summed E-state index contributed by atoms with van der Waals surface area (Å²) < 4.78 is 12.2.